The summed E-state index contributed by atoms with van der Waals surface area (Å²) in [4.78, 5) is 33.3. The van der Waals surface area contributed by atoms with Crippen molar-refractivity contribution in [3.05, 3.63) is 56.4 Å². The highest BCUT2D eigenvalue weighted by atomic mass is 32.1. The fourth-order valence-corrected chi connectivity index (χ4v) is 3.89. The van der Waals surface area contributed by atoms with Crippen molar-refractivity contribution >= 4 is 43.8 Å². The minimum Gasteiger partial charge on any atom is -0.456 e. The SMILES string of the molecule is CCc1nn2c(=O)cc(COC(=O)c3ccc4ncsc4c3)nc2s1. The molecule has 0 amide bonds. The molecule has 3 heterocycles. The van der Waals surface area contributed by atoms with E-state index in [1.54, 1.807) is 23.7 Å². The van der Waals surface area contributed by atoms with Crippen molar-refractivity contribution in [3.8, 4) is 0 Å². The third kappa shape index (κ3) is 3.03. The lowest BCUT2D eigenvalue weighted by Gasteiger charge is -2.04. The maximum Gasteiger partial charge on any atom is 0.338 e. The summed E-state index contributed by atoms with van der Waals surface area (Å²) in [5.41, 5.74) is 3.15. The highest BCUT2D eigenvalue weighted by Gasteiger charge is 2.12. The van der Waals surface area contributed by atoms with Crippen molar-refractivity contribution in [1.29, 1.82) is 0 Å². The van der Waals surface area contributed by atoms with Crippen LogP contribution in [0, 0.1) is 0 Å². The Hall–Kier alpha value is -2.65. The Labute approximate surface area is 149 Å². The Morgan fingerprint density at radius 1 is 1.32 bits per heavy atom. The molecule has 4 aromatic rings. The van der Waals surface area contributed by atoms with Gasteiger partial charge in [0, 0.05) is 6.07 Å². The molecule has 7 nitrogen and oxygen atoms in total. The summed E-state index contributed by atoms with van der Waals surface area (Å²) in [7, 11) is 0. The molecule has 126 valence electrons. The van der Waals surface area contributed by atoms with E-state index < -0.39 is 5.97 Å². The molecule has 9 heteroatoms. The van der Waals surface area contributed by atoms with E-state index >= 15 is 0 Å². The molecule has 0 N–H and O–H groups in total. The molecular weight excluding hydrogens is 360 g/mol. The van der Waals surface area contributed by atoms with Crippen LogP contribution in [0.5, 0.6) is 0 Å². The van der Waals surface area contributed by atoms with Gasteiger partial charge in [-0.2, -0.15) is 9.61 Å². The molecule has 0 saturated carbocycles. The summed E-state index contributed by atoms with van der Waals surface area (Å²) >= 11 is 2.81. The number of rotatable bonds is 4. The molecule has 0 bridgehead atoms. The van der Waals surface area contributed by atoms with E-state index in [-0.39, 0.29) is 12.2 Å². The van der Waals surface area contributed by atoms with Crippen LogP contribution >= 0.6 is 22.7 Å². The summed E-state index contributed by atoms with van der Waals surface area (Å²) in [5.74, 6) is -0.462. The lowest BCUT2D eigenvalue weighted by Crippen LogP contribution is -2.16. The van der Waals surface area contributed by atoms with Gasteiger partial charge in [0.25, 0.3) is 5.56 Å². The average molecular weight is 372 g/mol. The number of carbonyl (C=O) groups is 1. The van der Waals surface area contributed by atoms with Crippen molar-refractivity contribution in [2.75, 3.05) is 0 Å². The minimum atomic E-state index is -0.462. The van der Waals surface area contributed by atoms with Crippen molar-refractivity contribution in [2.45, 2.75) is 20.0 Å². The van der Waals surface area contributed by atoms with Gasteiger partial charge in [-0.05, 0) is 24.6 Å². The van der Waals surface area contributed by atoms with E-state index in [1.807, 2.05) is 6.92 Å². The van der Waals surface area contributed by atoms with Crippen LogP contribution in [0.4, 0.5) is 0 Å². The van der Waals surface area contributed by atoms with E-state index in [2.05, 4.69) is 15.1 Å². The first-order valence-corrected chi connectivity index (χ1v) is 9.22. The van der Waals surface area contributed by atoms with Gasteiger partial charge in [-0.1, -0.05) is 18.3 Å². The minimum absolute atomic E-state index is 0.0648. The zero-order chi connectivity index (χ0) is 17.4. The second-order valence-corrected chi connectivity index (χ2v) is 7.17. The van der Waals surface area contributed by atoms with E-state index in [0.717, 1.165) is 21.6 Å². The van der Waals surface area contributed by atoms with Crippen LogP contribution in [0.25, 0.3) is 15.2 Å². The van der Waals surface area contributed by atoms with Gasteiger partial charge in [-0.15, -0.1) is 11.3 Å². The number of ether oxygens (including phenoxy) is 1. The Morgan fingerprint density at radius 2 is 2.20 bits per heavy atom. The summed E-state index contributed by atoms with van der Waals surface area (Å²) in [5, 5.41) is 5.02. The molecule has 0 saturated heterocycles. The van der Waals surface area contributed by atoms with Crippen molar-refractivity contribution < 1.29 is 9.53 Å². The Balaban J connectivity index is 1.54. The number of aromatic nitrogens is 4. The van der Waals surface area contributed by atoms with Gasteiger partial charge in [0.15, 0.2) is 0 Å². The molecule has 0 aliphatic heterocycles. The number of thiazole rings is 1. The van der Waals surface area contributed by atoms with Gasteiger partial charge in [0.1, 0.15) is 11.6 Å². The number of aryl methyl sites for hydroxylation is 1. The Bertz CT molecular complexity index is 1150. The highest BCUT2D eigenvalue weighted by Crippen LogP contribution is 2.20. The molecule has 1 aromatic carbocycles. The molecule has 3 aromatic heterocycles. The van der Waals surface area contributed by atoms with Crippen molar-refractivity contribution in [3.63, 3.8) is 0 Å². The number of carbonyl (C=O) groups excluding carboxylic acids is 1. The first kappa shape index (κ1) is 15.9. The van der Waals surface area contributed by atoms with Gasteiger partial charge in [-0.25, -0.2) is 14.8 Å². The normalized spacial score (nSPS) is 11.2. The van der Waals surface area contributed by atoms with Crippen LogP contribution < -0.4 is 5.56 Å². The second-order valence-electron chi connectivity index (χ2n) is 5.24. The molecule has 4 rings (SSSR count). The van der Waals surface area contributed by atoms with Gasteiger partial charge >= 0.3 is 5.97 Å². The number of hydrogen-bond donors (Lipinski definition) is 0. The van der Waals surface area contributed by atoms with Crippen molar-refractivity contribution in [1.82, 2.24) is 19.6 Å². The first-order valence-electron chi connectivity index (χ1n) is 7.53. The first-order chi connectivity index (χ1) is 12.1. The fraction of sp³-hybridized carbons (Fsp3) is 0.188. The zero-order valence-corrected chi connectivity index (χ0v) is 14.8. The van der Waals surface area contributed by atoms with Crippen LogP contribution in [0.3, 0.4) is 0 Å². The summed E-state index contributed by atoms with van der Waals surface area (Å²) in [6.07, 6.45) is 0.734. The third-order valence-corrected chi connectivity index (χ3v) is 5.40. The molecule has 0 aliphatic rings. The number of benzene rings is 1. The largest absolute Gasteiger partial charge is 0.456 e. The molecule has 0 spiro atoms. The number of fused-ring (bicyclic) bond motifs is 2. The third-order valence-electron chi connectivity index (χ3n) is 3.56. The summed E-state index contributed by atoms with van der Waals surface area (Å²) in [6, 6.07) is 6.54. The molecule has 25 heavy (non-hydrogen) atoms. The number of esters is 1. The predicted octanol–water partition coefficient (Wildman–Crippen LogP) is 2.68. The lowest BCUT2D eigenvalue weighted by atomic mass is 10.2. The summed E-state index contributed by atoms with van der Waals surface area (Å²) < 4.78 is 7.49. The van der Waals surface area contributed by atoms with E-state index in [1.165, 1.54) is 33.3 Å². The molecular formula is C16H12N4O3S2. The van der Waals surface area contributed by atoms with E-state index in [4.69, 9.17) is 4.74 Å². The maximum atomic E-state index is 12.2. The molecule has 0 fully saturated rings. The van der Waals surface area contributed by atoms with Gasteiger partial charge in [-0.3, -0.25) is 4.79 Å². The maximum absolute atomic E-state index is 12.2. The second kappa shape index (κ2) is 6.34. The number of hydrogen-bond acceptors (Lipinski definition) is 8. The van der Waals surface area contributed by atoms with Gasteiger partial charge < -0.3 is 4.74 Å². The Morgan fingerprint density at radius 3 is 3.04 bits per heavy atom. The van der Waals surface area contributed by atoms with Crippen LogP contribution in [0.15, 0.2) is 34.6 Å². The quantitative estimate of drug-likeness (QED) is 0.512. The monoisotopic (exact) mass is 372 g/mol. The zero-order valence-electron chi connectivity index (χ0n) is 13.1. The number of nitrogens with zero attached hydrogens (tertiary/aromatic N) is 4. The van der Waals surface area contributed by atoms with E-state index in [0.29, 0.717) is 16.2 Å². The molecule has 0 unspecified atom stereocenters. The van der Waals surface area contributed by atoms with Crippen LogP contribution in [0.1, 0.15) is 28.0 Å². The average Bonchev–Trinajstić information content (AvgIpc) is 3.25. The standard InChI is InChI=1S/C16H12N4O3S2/c1-2-13-19-20-14(21)6-10(18-16(20)25-13)7-23-15(22)9-3-4-11-12(5-9)24-8-17-11/h3-6,8H,2,7H2,1H3. The Kier molecular flexibility index (Phi) is 4.02. The van der Waals surface area contributed by atoms with Gasteiger partial charge in [0.05, 0.1) is 27.0 Å². The predicted molar refractivity (Wildman–Crippen MR) is 95.3 cm³/mol. The van der Waals surface area contributed by atoms with Crippen LogP contribution in [-0.4, -0.2) is 25.6 Å². The molecule has 0 aliphatic carbocycles. The molecule has 0 atom stereocenters. The van der Waals surface area contributed by atoms with Gasteiger partial charge in [0.2, 0.25) is 4.96 Å². The van der Waals surface area contributed by atoms with E-state index in [9.17, 15) is 9.59 Å². The topological polar surface area (TPSA) is 86.5 Å². The van der Waals surface area contributed by atoms with Crippen LogP contribution in [-0.2, 0) is 17.8 Å². The smallest absolute Gasteiger partial charge is 0.338 e. The molecule has 0 radical (unpaired) electrons. The summed E-state index contributed by atoms with van der Waals surface area (Å²) in [6.45, 7) is 1.90. The fourth-order valence-electron chi connectivity index (χ4n) is 2.32. The lowest BCUT2D eigenvalue weighted by molar-refractivity contribution is 0.0468. The van der Waals surface area contributed by atoms with Crippen LogP contribution in [0.2, 0.25) is 0 Å². The highest BCUT2D eigenvalue weighted by molar-refractivity contribution is 7.17. The van der Waals surface area contributed by atoms with Crippen molar-refractivity contribution in [2.24, 2.45) is 0 Å².